The number of pyridine rings is 1. The first kappa shape index (κ1) is 18.5. The number of ether oxygens (including phenoxy) is 1. The molecular weight excluding hydrogens is 356 g/mol. The van der Waals surface area contributed by atoms with E-state index in [0.29, 0.717) is 17.4 Å². The number of carbonyl (C=O) groups is 1. The van der Waals surface area contributed by atoms with E-state index in [1.165, 1.54) is 0 Å². The SMILES string of the molecule is CNc1nccc(OC2CCN(c3ccc(C(=O)N4CCCC4)cn3)CC2)n1. The summed E-state index contributed by atoms with van der Waals surface area (Å²) in [6, 6.07) is 5.63. The topological polar surface area (TPSA) is 83.5 Å². The molecule has 8 heteroatoms. The molecule has 2 aromatic rings. The predicted molar refractivity (Wildman–Crippen MR) is 107 cm³/mol. The highest BCUT2D eigenvalue weighted by Gasteiger charge is 2.23. The minimum absolute atomic E-state index is 0.0921. The maximum Gasteiger partial charge on any atom is 0.255 e. The maximum atomic E-state index is 12.4. The smallest absolute Gasteiger partial charge is 0.255 e. The highest BCUT2D eigenvalue weighted by molar-refractivity contribution is 5.94. The van der Waals surface area contributed by atoms with Crippen LogP contribution in [-0.2, 0) is 0 Å². The van der Waals surface area contributed by atoms with Crippen LogP contribution >= 0.6 is 0 Å². The molecule has 4 heterocycles. The van der Waals surface area contributed by atoms with Crippen molar-refractivity contribution in [3.8, 4) is 5.88 Å². The van der Waals surface area contributed by atoms with Gasteiger partial charge in [0.15, 0.2) is 0 Å². The van der Waals surface area contributed by atoms with E-state index in [2.05, 4.69) is 25.2 Å². The molecule has 8 nitrogen and oxygen atoms in total. The molecule has 1 N–H and O–H groups in total. The Bertz CT molecular complexity index is 799. The molecule has 0 unspecified atom stereocenters. The van der Waals surface area contributed by atoms with Crippen LogP contribution in [0.1, 0.15) is 36.0 Å². The quantitative estimate of drug-likeness (QED) is 0.849. The Kier molecular flexibility index (Phi) is 5.55. The van der Waals surface area contributed by atoms with E-state index in [9.17, 15) is 4.79 Å². The van der Waals surface area contributed by atoms with Crippen LogP contribution in [0.15, 0.2) is 30.6 Å². The number of piperidine rings is 1. The Labute approximate surface area is 164 Å². The normalized spacial score (nSPS) is 17.6. The van der Waals surface area contributed by atoms with E-state index in [0.717, 1.165) is 57.7 Å². The molecule has 2 aromatic heterocycles. The second-order valence-electron chi connectivity index (χ2n) is 7.18. The molecule has 0 spiro atoms. The van der Waals surface area contributed by atoms with Gasteiger partial charge in [0, 0.05) is 64.5 Å². The van der Waals surface area contributed by atoms with E-state index in [-0.39, 0.29) is 12.0 Å². The van der Waals surface area contributed by atoms with Crippen molar-refractivity contribution < 1.29 is 9.53 Å². The summed E-state index contributed by atoms with van der Waals surface area (Å²) >= 11 is 0. The van der Waals surface area contributed by atoms with Gasteiger partial charge >= 0.3 is 0 Å². The van der Waals surface area contributed by atoms with E-state index in [1.54, 1.807) is 25.5 Å². The van der Waals surface area contributed by atoms with E-state index in [4.69, 9.17) is 4.74 Å². The number of hydrogen-bond donors (Lipinski definition) is 1. The molecular formula is C20H26N6O2. The minimum Gasteiger partial charge on any atom is -0.474 e. The highest BCUT2D eigenvalue weighted by atomic mass is 16.5. The second-order valence-corrected chi connectivity index (χ2v) is 7.18. The molecule has 0 bridgehead atoms. The van der Waals surface area contributed by atoms with E-state index >= 15 is 0 Å². The van der Waals surface area contributed by atoms with Gasteiger partial charge in [-0.2, -0.15) is 4.98 Å². The zero-order chi connectivity index (χ0) is 19.3. The fraction of sp³-hybridized carbons (Fsp3) is 0.500. The van der Waals surface area contributed by atoms with Crippen molar-refractivity contribution in [2.75, 3.05) is 43.4 Å². The van der Waals surface area contributed by atoms with Crippen LogP contribution in [0, 0.1) is 0 Å². The summed E-state index contributed by atoms with van der Waals surface area (Å²) < 4.78 is 6.00. The summed E-state index contributed by atoms with van der Waals surface area (Å²) in [7, 11) is 1.79. The average Bonchev–Trinajstić information content (AvgIpc) is 3.29. The zero-order valence-corrected chi connectivity index (χ0v) is 16.2. The first-order chi connectivity index (χ1) is 13.7. The largest absolute Gasteiger partial charge is 0.474 e. The van der Waals surface area contributed by atoms with Crippen LogP contribution in [0.2, 0.25) is 0 Å². The van der Waals surface area contributed by atoms with Crippen molar-refractivity contribution in [2.24, 2.45) is 0 Å². The lowest BCUT2D eigenvalue weighted by molar-refractivity contribution is 0.0792. The van der Waals surface area contributed by atoms with E-state index in [1.807, 2.05) is 17.0 Å². The summed E-state index contributed by atoms with van der Waals surface area (Å²) in [6.45, 7) is 3.44. The molecule has 2 aliphatic rings. The lowest BCUT2D eigenvalue weighted by Crippen LogP contribution is -2.38. The Balaban J connectivity index is 1.31. The third-order valence-corrected chi connectivity index (χ3v) is 5.30. The van der Waals surface area contributed by atoms with Gasteiger partial charge in [-0.25, -0.2) is 9.97 Å². The van der Waals surface area contributed by atoms with Crippen molar-refractivity contribution in [2.45, 2.75) is 31.8 Å². The molecule has 2 aliphatic heterocycles. The Hall–Kier alpha value is -2.90. The van der Waals surface area contributed by atoms with Crippen LogP contribution in [-0.4, -0.2) is 65.1 Å². The van der Waals surface area contributed by atoms with Gasteiger partial charge in [-0.15, -0.1) is 0 Å². The number of rotatable bonds is 5. The molecule has 2 fully saturated rings. The monoisotopic (exact) mass is 382 g/mol. The minimum atomic E-state index is 0.0921. The van der Waals surface area contributed by atoms with Gasteiger partial charge < -0.3 is 19.9 Å². The first-order valence-corrected chi connectivity index (χ1v) is 9.90. The zero-order valence-electron chi connectivity index (χ0n) is 16.2. The molecule has 4 rings (SSSR count). The lowest BCUT2D eigenvalue weighted by atomic mass is 10.1. The Morgan fingerprint density at radius 3 is 2.57 bits per heavy atom. The lowest BCUT2D eigenvalue weighted by Gasteiger charge is -2.32. The van der Waals surface area contributed by atoms with Crippen molar-refractivity contribution in [1.29, 1.82) is 0 Å². The molecule has 0 atom stereocenters. The van der Waals surface area contributed by atoms with Gasteiger partial charge in [0.05, 0.1) is 5.56 Å². The summed E-state index contributed by atoms with van der Waals surface area (Å²) in [5.74, 6) is 2.16. The first-order valence-electron chi connectivity index (χ1n) is 9.90. The standard InChI is InChI=1S/C20H26N6O2/c1-21-20-22-9-6-18(24-20)28-16-7-12-25(13-8-16)17-5-4-15(14-23-17)19(27)26-10-2-3-11-26/h4-6,9,14,16H,2-3,7-8,10-13H2,1H3,(H,21,22,24). The van der Waals surface area contributed by atoms with Crippen LogP contribution in [0.4, 0.5) is 11.8 Å². The number of amides is 1. The van der Waals surface area contributed by atoms with Crippen LogP contribution in [0.3, 0.4) is 0 Å². The fourth-order valence-corrected chi connectivity index (χ4v) is 3.70. The van der Waals surface area contributed by atoms with Crippen molar-refractivity contribution in [3.05, 3.63) is 36.2 Å². The average molecular weight is 382 g/mol. The van der Waals surface area contributed by atoms with Crippen LogP contribution < -0.4 is 15.0 Å². The number of aromatic nitrogens is 3. The molecule has 28 heavy (non-hydrogen) atoms. The summed E-state index contributed by atoms with van der Waals surface area (Å²) in [5, 5.41) is 2.92. The number of anilines is 2. The van der Waals surface area contributed by atoms with Gasteiger partial charge in [0.1, 0.15) is 11.9 Å². The third-order valence-electron chi connectivity index (χ3n) is 5.30. The maximum absolute atomic E-state index is 12.4. The third kappa shape index (κ3) is 4.16. The van der Waals surface area contributed by atoms with Crippen molar-refractivity contribution in [1.82, 2.24) is 19.9 Å². The van der Waals surface area contributed by atoms with Gasteiger partial charge in [0.25, 0.3) is 5.91 Å². The summed E-state index contributed by atoms with van der Waals surface area (Å²) in [4.78, 5) is 29.5. The summed E-state index contributed by atoms with van der Waals surface area (Å²) in [6.07, 6.45) is 7.52. The molecule has 0 saturated carbocycles. The number of hydrogen-bond acceptors (Lipinski definition) is 7. The van der Waals surface area contributed by atoms with Gasteiger partial charge in [-0.1, -0.05) is 0 Å². The number of likely N-dealkylation sites (tertiary alicyclic amines) is 1. The van der Waals surface area contributed by atoms with Crippen LogP contribution in [0.25, 0.3) is 0 Å². The summed E-state index contributed by atoms with van der Waals surface area (Å²) in [5.41, 5.74) is 0.674. The molecule has 2 saturated heterocycles. The Morgan fingerprint density at radius 2 is 1.89 bits per heavy atom. The molecule has 148 valence electrons. The molecule has 1 amide bonds. The molecule has 0 aromatic carbocycles. The van der Waals surface area contributed by atoms with Gasteiger partial charge in [-0.3, -0.25) is 4.79 Å². The number of nitrogens with one attached hydrogen (secondary N) is 1. The van der Waals surface area contributed by atoms with Crippen LogP contribution in [0.5, 0.6) is 5.88 Å². The van der Waals surface area contributed by atoms with Gasteiger partial charge in [0.2, 0.25) is 11.8 Å². The molecule has 0 aliphatic carbocycles. The molecule has 0 radical (unpaired) electrons. The predicted octanol–water partition coefficient (Wildman–Crippen LogP) is 2.20. The highest BCUT2D eigenvalue weighted by Crippen LogP contribution is 2.22. The second kappa shape index (κ2) is 8.41. The Morgan fingerprint density at radius 1 is 1.11 bits per heavy atom. The number of carbonyl (C=O) groups excluding carboxylic acids is 1. The van der Waals surface area contributed by atoms with E-state index < -0.39 is 0 Å². The van der Waals surface area contributed by atoms with Crippen molar-refractivity contribution in [3.63, 3.8) is 0 Å². The number of nitrogens with zero attached hydrogens (tertiary/aromatic N) is 5. The van der Waals surface area contributed by atoms with Crippen molar-refractivity contribution >= 4 is 17.7 Å². The fourth-order valence-electron chi connectivity index (χ4n) is 3.70. The van der Waals surface area contributed by atoms with Gasteiger partial charge in [-0.05, 0) is 25.0 Å².